The first-order valence-corrected chi connectivity index (χ1v) is 10.5. The number of ether oxygens (including phenoxy) is 2. The Morgan fingerprint density at radius 2 is 1.48 bits per heavy atom. The summed E-state index contributed by atoms with van der Waals surface area (Å²) in [6.07, 6.45) is 0. The van der Waals surface area contributed by atoms with Gasteiger partial charge in [0.25, 0.3) is 11.8 Å². The summed E-state index contributed by atoms with van der Waals surface area (Å²) in [4.78, 5) is 36.0. The van der Waals surface area contributed by atoms with Crippen molar-refractivity contribution in [2.75, 3.05) is 17.2 Å². The lowest BCUT2D eigenvalue weighted by atomic mass is 10.1. The van der Waals surface area contributed by atoms with E-state index in [0.717, 1.165) is 11.1 Å². The van der Waals surface area contributed by atoms with Gasteiger partial charge in [0.15, 0.2) is 6.61 Å². The number of halogens is 1. The van der Waals surface area contributed by atoms with E-state index in [1.54, 1.807) is 54.6 Å². The molecule has 0 fully saturated rings. The molecule has 0 aliphatic heterocycles. The van der Waals surface area contributed by atoms with Crippen molar-refractivity contribution in [3.05, 3.63) is 82.4 Å². The minimum atomic E-state index is -0.471. The number of anilines is 2. The molecule has 0 spiro atoms. The Labute approximate surface area is 196 Å². The summed E-state index contributed by atoms with van der Waals surface area (Å²) in [5.41, 5.74) is 3.05. The molecule has 3 rings (SSSR count). The molecule has 0 aliphatic carbocycles. The monoisotopic (exact) mass is 466 g/mol. The molecule has 0 bridgehead atoms. The molecule has 3 aromatic carbocycles. The Bertz CT molecular complexity index is 1190. The van der Waals surface area contributed by atoms with Gasteiger partial charge in [0, 0.05) is 28.9 Å². The van der Waals surface area contributed by atoms with E-state index in [-0.39, 0.29) is 24.2 Å². The average molecular weight is 467 g/mol. The highest BCUT2D eigenvalue weighted by Gasteiger charge is 2.10. The van der Waals surface area contributed by atoms with E-state index < -0.39 is 5.97 Å². The van der Waals surface area contributed by atoms with Gasteiger partial charge in [0.05, 0.1) is 0 Å². The topological polar surface area (TPSA) is 93.7 Å². The number of benzene rings is 3. The average Bonchev–Trinajstić information content (AvgIpc) is 2.76. The number of hydrogen-bond acceptors (Lipinski definition) is 5. The van der Waals surface area contributed by atoms with Crippen molar-refractivity contribution in [2.45, 2.75) is 20.8 Å². The first-order chi connectivity index (χ1) is 15.7. The van der Waals surface area contributed by atoms with Crippen molar-refractivity contribution in [2.24, 2.45) is 0 Å². The Balaban J connectivity index is 1.60. The Morgan fingerprint density at radius 1 is 0.848 bits per heavy atom. The predicted molar refractivity (Wildman–Crippen MR) is 127 cm³/mol. The molecule has 0 atom stereocenters. The molecule has 33 heavy (non-hydrogen) atoms. The maximum absolute atomic E-state index is 12.6. The summed E-state index contributed by atoms with van der Waals surface area (Å²) >= 11 is 6.15. The second-order valence-corrected chi connectivity index (χ2v) is 7.74. The van der Waals surface area contributed by atoms with Gasteiger partial charge in [-0.2, -0.15) is 0 Å². The molecule has 0 heterocycles. The minimum absolute atomic E-state index is 0.181. The van der Waals surface area contributed by atoms with Crippen LogP contribution in [-0.2, 0) is 9.59 Å². The third kappa shape index (κ3) is 6.82. The van der Waals surface area contributed by atoms with Crippen LogP contribution in [0.25, 0.3) is 0 Å². The molecule has 0 aliphatic rings. The smallest absolute Gasteiger partial charge is 0.308 e. The quantitative estimate of drug-likeness (QED) is 0.371. The normalized spacial score (nSPS) is 10.3. The van der Waals surface area contributed by atoms with Crippen molar-refractivity contribution < 1.29 is 23.9 Å². The largest absolute Gasteiger partial charge is 0.484 e. The van der Waals surface area contributed by atoms with Crippen molar-refractivity contribution in [3.63, 3.8) is 0 Å². The van der Waals surface area contributed by atoms with Gasteiger partial charge >= 0.3 is 5.97 Å². The maximum Gasteiger partial charge on any atom is 0.308 e. The van der Waals surface area contributed by atoms with E-state index in [1.807, 2.05) is 13.8 Å². The highest BCUT2D eigenvalue weighted by Crippen LogP contribution is 2.26. The van der Waals surface area contributed by atoms with Gasteiger partial charge in [0.2, 0.25) is 0 Å². The summed E-state index contributed by atoms with van der Waals surface area (Å²) < 4.78 is 10.6. The number of esters is 1. The van der Waals surface area contributed by atoms with Crippen LogP contribution in [0.2, 0.25) is 5.02 Å². The molecule has 8 heteroatoms. The van der Waals surface area contributed by atoms with Crippen molar-refractivity contribution in [3.8, 4) is 11.5 Å². The third-order valence-corrected chi connectivity index (χ3v) is 5.14. The Morgan fingerprint density at radius 3 is 2.15 bits per heavy atom. The van der Waals surface area contributed by atoms with Crippen LogP contribution in [0.4, 0.5) is 11.4 Å². The first-order valence-electron chi connectivity index (χ1n) is 10.1. The summed E-state index contributed by atoms with van der Waals surface area (Å²) in [5, 5.41) is 6.16. The molecule has 7 nitrogen and oxygen atoms in total. The fourth-order valence-electron chi connectivity index (χ4n) is 3.08. The molecule has 2 amide bonds. The highest BCUT2D eigenvalue weighted by atomic mass is 35.5. The van der Waals surface area contributed by atoms with Crippen molar-refractivity contribution >= 4 is 40.8 Å². The van der Waals surface area contributed by atoms with Crippen LogP contribution < -0.4 is 20.1 Å². The van der Waals surface area contributed by atoms with Gasteiger partial charge in [-0.15, -0.1) is 0 Å². The van der Waals surface area contributed by atoms with E-state index >= 15 is 0 Å². The Kier molecular flexibility index (Phi) is 7.69. The van der Waals surface area contributed by atoms with Crippen LogP contribution in [0.5, 0.6) is 11.5 Å². The number of carbonyl (C=O) groups is 3. The molecule has 2 N–H and O–H groups in total. The van der Waals surface area contributed by atoms with Crippen LogP contribution >= 0.6 is 11.6 Å². The maximum atomic E-state index is 12.6. The summed E-state index contributed by atoms with van der Waals surface area (Å²) in [6, 6.07) is 16.5. The summed E-state index contributed by atoms with van der Waals surface area (Å²) in [5.74, 6) is -0.368. The van der Waals surface area contributed by atoms with Gasteiger partial charge in [-0.1, -0.05) is 23.7 Å². The van der Waals surface area contributed by atoms with E-state index in [9.17, 15) is 14.4 Å². The number of amides is 2. The lowest BCUT2D eigenvalue weighted by molar-refractivity contribution is -0.131. The zero-order valence-electron chi connectivity index (χ0n) is 18.4. The molecule has 0 aromatic heterocycles. The van der Waals surface area contributed by atoms with Crippen LogP contribution in [0, 0.1) is 13.8 Å². The number of rotatable bonds is 7. The molecule has 0 saturated carbocycles. The number of hydrogen-bond donors (Lipinski definition) is 2. The first kappa shape index (κ1) is 23.8. The SMILES string of the molecule is CC(=O)Oc1cccc(C(=O)Nc2cccc(NC(=O)COc3cc(C)c(Cl)c(C)c3)c2)c1. The second kappa shape index (κ2) is 10.7. The van der Waals surface area contributed by atoms with E-state index in [4.69, 9.17) is 21.1 Å². The van der Waals surface area contributed by atoms with Gasteiger partial charge < -0.3 is 20.1 Å². The predicted octanol–water partition coefficient (Wildman–Crippen LogP) is 5.15. The van der Waals surface area contributed by atoms with Gasteiger partial charge in [-0.3, -0.25) is 14.4 Å². The van der Waals surface area contributed by atoms with Gasteiger partial charge in [-0.25, -0.2) is 0 Å². The second-order valence-electron chi connectivity index (χ2n) is 7.36. The lowest BCUT2D eigenvalue weighted by Crippen LogP contribution is -2.20. The highest BCUT2D eigenvalue weighted by molar-refractivity contribution is 6.32. The van der Waals surface area contributed by atoms with Crippen LogP contribution in [0.3, 0.4) is 0 Å². The van der Waals surface area contributed by atoms with E-state index in [0.29, 0.717) is 27.7 Å². The number of nitrogens with one attached hydrogen (secondary N) is 2. The molecular formula is C25H23ClN2O5. The fraction of sp³-hybridized carbons (Fsp3) is 0.160. The molecular weight excluding hydrogens is 444 g/mol. The molecule has 3 aromatic rings. The lowest BCUT2D eigenvalue weighted by Gasteiger charge is -2.11. The van der Waals surface area contributed by atoms with E-state index in [1.165, 1.54) is 13.0 Å². The number of carbonyl (C=O) groups excluding carboxylic acids is 3. The van der Waals surface area contributed by atoms with Crippen LogP contribution in [0.15, 0.2) is 60.7 Å². The molecule has 0 radical (unpaired) electrons. The van der Waals surface area contributed by atoms with Gasteiger partial charge in [0.1, 0.15) is 11.5 Å². The third-order valence-electron chi connectivity index (χ3n) is 4.54. The molecule has 0 unspecified atom stereocenters. The van der Waals surface area contributed by atoms with Crippen LogP contribution in [-0.4, -0.2) is 24.4 Å². The zero-order chi connectivity index (χ0) is 24.0. The number of aryl methyl sites for hydroxylation is 2. The molecule has 170 valence electrons. The molecule has 0 saturated heterocycles. The minimum Gasteiger partial charge on any atom is -0.484 e. The zero-order valence-corrected chi connectivity index (χ0v) is 19.2. The Hall–Kier alpha value is -3.84. The van der Waals surface area contributed by atoms with Crippen molar-refractivity contribution in [1.29, 1.82) is 0 Å². The van der Waals surface area contributed by atoms with Crippen molar-refractivity contribution in [1.82, 2.24) is 0 Å². The van der Waals surface area contributed by atoms with E-state index in [2.05, 4.69) is 10.6 Å². The summed E-state index contributed by atoms with van der Waals surface area (Å²) in [7, 11) is 0. The summed E-state index contributed by atoms with van der Waals surface area (Å²) in [6.45, 7) is 4.85. The van der Waals surface area contributed by atoms with Gasteiger partial charge in [-0.05, 0) is 73.5 Å². The van der Waals surface area contributed by atoms with Crippen LogP contribution in [0.1, 0.15) is 28.4 Å². The standard InChI is InChI=1S/C25H23ClN2O5/c1-15-10-22(11-16(2)24(15)26)32-14-23(30)27-19-7-5-8-20(13-19)28-25(31)18-6-4-9-21(12-18)33-17(3)29/h4-13H,14H2,1-3H3,(H,27,30)(H,28,31). The fourth-order valence-corrected chi connectivity index (χ4v) is 3.19.